The first kappa shape index (κ1) is 13.8. The minimum Gasteiger partial charge on any atom is -0.425 e. The Morgan fingerprint density at radius 1 is 1.10 bits per heavy atom. The quantitative estimate of drug-likeness (QED) is 0.640. The summed E-state index contributed by atoms with van der Waals surface area (Å²) >= 11 is 0. The van der Waals surface area contributed by atoms with Crippen LogP contribution in [0.15, 0.2) is 48.5 Å². The maximum Gasteiger partial charge on any atom is 0.327 e. The fourth-order valence-corrected chi connectivity index (χ4v) is 3.07. The Morgan fingerprint density at radius 3 is 2.48 bits per heavy atom. The molecule has 3 nitrogen and oxygen atoms in total. The van der Waals surface area contributed by atoms with Gasteiger partial charge < -0.3 is 9.64 Å². The smallest absolute Gasteiger partial charge is 0.327 e. The van der Waals surface area contributed by atoms with E-state index in [1.807, 2.05) is 68.4 Å². The number of rotatable bonds is 3. The zero-order valence-electron chi connectivity index (χ0n) is 12.6. The minimum absolute atomic E-state index is 0.192. The van der Waals surface area contributed by atoms with Crippen molar-refractivity contribution in [2.45, 2.75) is 12.3 Å². The number of carbonyl (C=O) groups excluding carboxylic acids is 1. The molecular formula is C18H19NO2. The summed E-state index contributed by atoms with van der Waals surface area (Å²) in [5.74, 6) is 0.485. The molecule has 108 valence electrons. The predicted molar refractivity (Wildman–Crippen MR) is 82.6 cm³/mol. The molecule has 0 aromatic heterocycles. The molecule has 1 heterocycles. The lowest BCUT2D eigenvalue weighted by atomic mass is 9.74. The molecule has 1 aliphatic heterocycles. The van der Waals surface area contributed by atoms with E-state index in [1.54, 1.807) is 0 Å². The molecule has 1 unspecified atom stereocenters. The van der Waals surface area contributed by atoms with E-state index in [9.17, 15) is 4.79 Å². The van der Waals surface area contributed by atoms with Crippen LogP contribution in [-0.2, 0) is 10.2 Å². The Hall–Kier alpha value is -2.13. The van der Waals surface area contributed by atoms with Gasteiger partial charge in [0.2, 0.25) is 0 Å². The lowest BCUT2D eigenvalue weighted by molar-refractivity contribution is -0.137. The van der Waals surface area contributed by atoms with Crippen LogP contribution in [-0.4, -0.2) is 31.5 Å². The van der Waals surface area contributed by atoms with E-state index in [0.717, 1.165) is 16.7 Å². The molecule has 1 atom stereocenters. The van der Waals surface area contributed by atoms with E-state index < -0.39 is 5.41 Å². The van der Waals surface area contributed by atoms with Crippen molar-refractivity contribution < 1.29 is 9.53 Å². The van der Waals surface area contributed by atoms with Crippen molar-refractivity contribution >= 4 is 5.97 Å². The maximum absolute atomic E-state index is 12.8. The number of carbonyl (C=O) groups is 1. The molecule has 3 rings (SSSR count). The van der Waals surface area contributed by atoms with Crippen molar-refractivity contribution in [3.63, 3.8) is 0 Å². The highest BCUT2D eigenvalue weighted by Gasteiger charge is 2.50. The standard InChI is InChI=1S/C18H19NO2/c1-13-9-10-16-15(11-13)18(12-19(2)3,17(20)21-16)14-7-5-4-6-8-14/h4-11H,12H2,1-3H3. The van der Waals surface area contributed by atoms with Gasteiger partial charge in [-0.05, 0) is 32.6 Å². The first-order valence-electron chi connectivity index (χ1n) is 7.08. The van der Waals surface area contributed by atoms with Crippen LogP contribution in [0.4, 0.5) is 0 Å². The van der Waals surface area contributed by atoms with E-state index in [4.69, 9.17) is 4.74 Å². The van der Waals surface area contributed by atoms with Gasteiger partial charge in [-0.1, -0.05) is 48.0 Å². The molecule has 1 aliphatic rings. The van der Waals surface area contributed by atoms with Gasteiger partial charge in [0, 0.05) is 12.1 Å². The van der Waals surface area contributed by atoms with Crippen molar-refractivity contribution in [1.82, 2.24) is 4.90 Å². The third kappa shape index (κ3) is 2.14. The van der Waals surface area contributed by atoms with Crippen molar-refractivity contribution in [1.29, 1.82) is 0 Å². The fourth-order valence-electron chi connectivity index (χ4n) is 3.07. The normalized spacial score (nSPS) is 20.5. The summed E-state index contributed by atoms with van der Waals surface area (Å²) in [5, 5.41) is 0. The molecule has 0 saturated heterocycles. The van der Waals surface area contributed by atoms with Crippen molar-refractivity contribution in [3.8, 4) is 5.75 Å². The molecule has 2 aromatic carbocycles. The number of benzene rings is 2. The average molecular weight is 281 g/mol. The van der Waals surface area contributed by atoms with Crippen LogP contribution in [0, 0.1) is 6.92 Å². The molecule has 0 saturated carbocycles. The van der Waals surface area contributed by atoms with Crippen LogP contribution in [0.1, 0.15) is 16.7 Å². The van der Waals surface area contributed by atoms with E-state index >= 15 is 0 Å². The fraction of sp³-hybridized carbons (Fsp3) is 0.278. The summed E-state index contributed by atoms with van der Waals surface area (Å²) in [4.78, 5) is 14.8. The molecule has 3 heteroatoms. The Balaban J connectivity index is 2.26. The Bertz CT molecular complexity index is 679. The number of fused-ring (bicyclic) bond motifs is 1. The number of hydrogen-bond donors (Lipinski definition) is 0. The van der Waals surface area contributed by atoms with Crippen LogP contribution in [0.2, 0.25) is 0 Å². The molecule has 2 aromatic rings. The molecule has 0 N–H and O–H groups in total. The van der Waals surface area contributed by atoms with Gasteiger partial charge in [-0.3, -0.25) is 4.79 Å². The molecule has 21 heavy (non-hydrogen) atoms. The van der Waals surface area contributed by atoms with Crippen LogP contribution in [0.5, 0.6) is 5.75 Å². The highest BCUT2D eigenvalue weighted by Crippen LogP contribution is 2.45. The molecule has 0 radical (unpaired) electrons. The van der Waals surface area contributed by atoms with Crippen LogP contribution in [0.3, 0.4) is 0 Å². The lowest BCUT2D eigenvalue weighted by Crippen LogP contribution is -2.44. The van der Waals surface area contributed by atoms with E-state index in [1.165, 1.54) is 0 Å². The summed E-state index contributed by atoms with van der Waals surface area (Å²) in [6, 6.07) is 15.8. The van der Waals surface area contributed by atoms with Gasteiger partial charge in [0.15, 0.2) is 0 Å². The van der Waals surface area contributed by atoms with Gasteiger partial charge in [0.25, 0.3) is 0 Å². The topological polar surface area (TPSA) is 29.5 Å². The van der Waals surface area contributed by atoms with Gasteiger partial charge in [-0.25, -0.2) is 0 Å². The second kappa shape index (κ2) is 5.01. The summed E-state index contributed by atoms with van der Waals surface area (Å²) in [6.45, 7) is 2.63. The molecule has 0 spiro atoms. The minimum atomic E-state index is -0.744. The highest BCUT2D eigenvalue weighted by atomic mass is 16.5. The summed E-state index contributed by atoms with van der Waals surface area (Å²) in [5.41, 5.74) is 2.33. The number of aryl methyl sites for hydroxylation is 1. The molecule has 0 amide bonds. The predicted octanol–water partition coefficient (Wildman–Crippen LogP) is 2.76. The zero-order chi connectivity index (χ0) is 15.0. The first-order valence-corrected chi connectivity index (χ1v) is 7.08. The Labute approximate surface area is 125 Å². The third-order valence-electron chi connectivity index (χ3n) is 3.97. The second-order valence-electron chi connectivity index (χ2n) is 5.90. The maximum atomic E-state index is 12.8. The molecule has 0 fully saturated rings. The molecule has 0 bridgehead atoms. The van der Waals surface area contributed by atoms with E-state index in [0.29, 0.717) is 12.3 Å². The van der Waals surface area contributed by atoms with Gasteiger partial charge in [-0.2, -0.15) is 0 Å². The molecule has 0 aliphatic carbocycles. The third-order valence-corrected chi connectivity index (χ3v) is 3.97. The van der Waals surface area contributed by atoms with Crippen LogP contribution < -0.4 is 4.74 Å². The second-order valence-corrected chi connectivity index (χ2v) is 5.90. The first-order chi connectivity index (χ1) is 10.0. The monoisotopic (exact) mass is 281 g/mol. The van der Waals surface area contributed by atoms with Crippen molar-refractivity contribution in [2.75, 3.05) is 20.6 Å². The van der Waals surface area contributed by atoms with Gasteiger partial charge in [0.1, 0.15) is 11.2 Å². The Morgan fingerprint density at radius 2 is 1.81 bits per heavy atom. The lowest BCUT2D eigenvalue weighted by Gasteiger charge is -2.29. The van der Waals surface area contributed by atoms with Gasteiger partial charge in [0.05, 0.1) is 0 Å². The number of likely N-dealkylation sites (N-methyl/N-ethyl adjacent to an activating group) is 1. The number of ether oxygens (including phenoxy) is 1. The molecular weight excluding hydrogens is 262 g/mol. The zero-order valence-corrected chi connectivity index (χ0v) is 12.6. The highest BCUT2D eigenvalue weighted by molar-refractivity contribution is 5.94. The van der Waals surface area contributed by atoms with Crippen LogP contribution >= 0.6 is 0 Å². The van der Waals surface area contributed by atoms with Crippen molar-refractivity contribution in [2.24, 2.45) is 0 Å². The average Bonchev–Trinajstić information content (AvgIpc) is 2.73. The number of nitrogens with zero attached hydrogens (tertiary/aromatic N) is 1. The summed E-state index contributed by atoms with van der Waals surface area (Å²) in [6.07, 6.45) is 0. The summed E-state index contributed by atoms with van der Waals surface area (Å²) in [7, 11) is 3.96. The Kier molecular flexibility index (Phi) is 3.30. The van der Waals surface area contributed by atoms with E-state index in [2.05, 4.69) is 6.07 Å². The SMILES string of the molecule is Cc1ccc2c(c1)C(CN(C)C)(c1ccccc1)C(=O)O2. The van der Waals surface area contributed by atoms with Gasteiger partial charge >= 0.3 is 5.97 Å². The number of hydrogen-bond acceptors (Lipinski definition) is 3. The van der Waals surface area contributed by atoms with E-state index in [-0.39, 0.29) is 5.97 Å². The largest absolute Gasteiger partial charge is 0.425 e. The summed E-state index contributed by atoms with van der Waals surface area (Å²) < 4.78 is 5.57. The van der Waals surface area contributed by atoms with Crippen LogP contribution in [0.25, 0.3) is 0 Å². The van der Waals surface area contributed by atoms with Crippen molar-refractivity contribution in [3.05, 3.63) is 65.2 Å². The number of esters is 1. The van der Waals surface area contributed by atoms with Gasteiger partial charge in [-0.15, -0.1) is 0 Å².